The van der Waals surface area contributed by atoms with Gasteiger partial charge in [0.2, 0.25) is 0 Å². The van der Waals surface area contributed by atoms with E-state index in [1.54, 1.807) is 7.11 Å². The molecule has 0 bridgehead atoms. The Morgan fingerprint density at radius 3 is 2.86 bits per heavy atom. The van der Waals surface area contributed by atoms with Gasteiger partial charge in [-0.1, -0.05) is 0 Å². The summed E-state index contributed by atoms with van der Waals surface area (Å²) in [4.78, 5) is 7.51. The number of methoxy groups -OCH3 is 1. The second-order valence-corrected chi connectivity index (χ2v) is 3.14. The summed E-state index contributed by atoms with van der Waals surface area (Å²) in [5.74, 6) is 1.72. The highest BCUT2D eigenvalue weighted by Crippen LogP contribution is 2.28. The smallest absolute Gasteiger partial charge is 0.144 e. The maximum Gasteiger partial charge on any atom is 0.144 e. The predicted molar refractivity (Wildman–Crippen MR) is 56.9 cm³/mol. The summed E-state index contributed by atoms with van der Waals surface area (Å²) in [6.45, 7) is 1.94. The van der Waals surface area contributed by atoms with Gasteiger partial charge in [0.15, 0.2) is 0 Å². The quantitative estimate of drug-likeness (QED) is 0.762. The highest BCUT2D eigenvalue weighted by atomic mass is 16.5. The lowest BCUT2D eigenvalue weighted by molar-refractivity contribution is 0.417. The SMILES string of the molecule is CNc1cc2[nH]c(C)nc2cc1OC. The van der Waals surface area contributed by atoms with Crippen molar-refractivity contribution in [2.24, 2.45) is 0 Å². The van der Waals surface area contributed by atoms with Crippen molar-refractivity contribution >= 4 is 16.7 Å². The van der Waals surface area contributed by atoms with Gasteiger partial charge in [-0.05, 0) is 13.0 Å². The molecule has 0 radical (unpaired) electrons. The molecular weight excluding hydrogens is 178 g/mol. The zero-order valence-corrected chi connectivity index (χ0v) is 8.51. The van der Waals surface area contributed by atoms with E-state index in [9.17, 15) is 0 Å². The molecule has 2 N–H and O–H groups in total. The van der Waals surface area contributed by atoms with E-state index in [2.05, 4.69) is 15.3 Å². The average Bonchev–Trinajstić information content (AvgIpc) is 2.54. The van der Waals surface area contributed by atoms with E-state index < -0.39 is 0 Å². The molecule has 0 saturated carbocycles. The van der Waals surface area contributed by atoms with Crippen molar-refractivity contribution in [2.75, 3.05) is 19.5 Å². The fourth-order valence-electron chi connectivity index (χ4n) is 1.53. The van der Waals surface area contributed by atoms with Gasteiger partial charge in [0, 0.05) is 13.1 Å². The minimum absolute atomic E-state index is 0.812. The van der Waals surface area contributed by atoms with Crippen molar-refractivity contribution in [3.05, 3.63) is 18.0 Å². The van der Waals surface area contributed by atoms with Crippen LogP contribution in [-0.4, -0.2) is 24.1 Å². The number of hydrogen-bond acceptors (Lipinski definition) is 3. The van der Waals surface area contributed by atoms with Crippen LogP contribution in [0.5, 0.6) is 5.75 Å². The summed E-state index contributed by atoms with van der Waals surface area (Å²) in [7, 11) is 3.52. The largest absolute Gasteiger partial charge is 0.495 e. The summed E-state index contributed by atoms with van der Waals surface area (Å²) >= 11 is 0. The van der Waals surface area contributed by atoms with Crippen molar-refractivity contribution in [2.45, 2.75) is 6.92 Å². The number of hydrogen-bond donors (Lipinski definition) is 2. The summed E-state index contributed by atoms with van der Waals surface area (Å²) in [6, 6.07) is 3.92. The lowest BCUT2D eigenvalue weighted by Crippen LogP contribution is -1.93. The summed E-state index contributed by atoms with van der Waals surface area (Å²) in [5, 5.41) is 3.08. The lowest BCUT2D eigenvalue weighted by atomic mass is 10.2. The minimum Gasteiger partial charge on any atom is -0.495 e. The number of aromatic amines is 1. The van der Waals surface area contributed by atoms with E-state index in [4.69, 9.17) is 4.74 Å². The average molecular weight is 191 g/mol. The van der Waals surface area contributed by atoms with Gasteiger partial charge >= 0.3 is 0 Å². The number of nitrogens with one attached hydrogen (secondary N) is 2. The molecule has 14 heavy (non-hydrogen) atoms. The van der Waals surface area contributed by atoms with Crippen LogP contribution in [0.15, 0.2) is 12.1 Å². The first kappa shape index (κ1) is 8.87. The molecule has 0 saturated heterocycles. The predicted octanol–water partition coefficient (Wildman–Crippen LogP) is 1.92. The third-order valence-electron chi connectivity index (χ3n) is 2.19. The fraction of sp³-hybridized carbons (Fsp3) is 0.300. The molecule has 0 unspecified atom stereocenters. The molecule has 2 rings (SSSR count). The molecule has 0 fully saturated rings. The molecular formula is C10H13N3O. The van der Waals surface area contributed by atoms with E-state index in [0.29, 0.717) is 0 Å². The number of imidazole rings is 1. The van der Waals surface area contributed by atoms with Crippen molar-refractivity contribution in [3.8, 4) is 5.75 Å². The van der Waals surface area contributed by atoms with Crippen LogP contribution in [0.2, 0.25) is 0 Å². The zero-order chi connectivity index (χ0) is 10.1. The molecule has 1 aromatic heterocycles. The molecule has 0 aliphatic rings. The van der Waals surface area contributed by atoms with E-state index in [1.807, 2.05) is 26.1 Å². The van der Waals surface area contributed by atoms with Gasteiger partial charge in [-0.3, -0.25) is 0 Å². The maximum absolute atomic E-state index is 5.24. The molecule has 1 aromatic carbocycles. The molecule has 4 heteroatoms. The molecule has 0 atom stereocenters. The van der Waals surface area contributed by atoms with E-state index >= 15 is 0 Å². The Morgan fingerprint density at radius 1 is 1.43 bits per heavy atom. The molecule has 0 aliphatic heterocycles. The highest BCUT2D eigenvalue weighted by Gasteiger charge is 2.06. The van der Waals surface area contributed by atoms with Crippen LogP contribution in [0.1, 0.15) is 5.82 Å². The van der Waals surface area contributed by atoms with Crippen LogP contribution in [0.25, 0.3) is 11.0 Å². The Labute approximate surface area is 82.3 Å². The summed E-state index contributed by atoms with van der Waals surface area (Å²) in [5.41, 5.74) is 2.91. The Kier molecular flexibility index (Phi) is 2.04. The number of ether oxygens (including phenoxy) is 1. The Morgan fingerprint density at radius 2 is 2.21 bits per heavy atom. The minimum atomic E-state index is 0.812. The Balaban J connectivity index is 2.68. The number of rotatable bonds is 2. The van der Waals surface area contributed by atoms with Crippen molar-refractivity contribution in [1.82, 2.24) is 9.97 Å². The standard InChI is InChI=1S/C10H13N3O/c1-6-12-7-4-9(11-2)10(14-3)5-8(7)13-6/h4-5,11H,1-3H3,(H,12,13). The van der Waals surface area contributed by atoms with Crippen LogP contribution in [0.4, 0.5) is 5.69 Å². The van der Waals surface area contributed by atoms with Gasteiger partial charge in [0.25, 0.3) is 0 Å². The van der Waals surface area contributed by atoms with Crippen molar-refractivity contribution < 1.29 is 4.74 Å². The van der Waals surface area contributed by atoms with E-state index in [-0.39, 0.29) is 0 Å². The van der Waals surface area contributed by atoms with Crippen LogP contribution in [0.3, 0.4) is 0 Å². The first-order valence-electron chi connectivity index (χ1n) is 4.46. The first-order valence-corrected chi connectivity index (χ1v) is 4.46. The monoisotopic (exact) mass is 191 g/mol. The van der Waals surface area contributed by atoms with Crippen LogP contribution >= 0.6 is 0 Å². The van der Waals surface area contributed by atoms with Gasteiger partial charge in [-0.2, -0.15) is 0 Å². The van der Waals surface area contributed by atoms with Crippen LogP contribution < -0.4 is 10.1 Å². The Hall–Kier alpha value is -1.71. The number of anilines is 1. The van der Waals surface area contributed by atoms with Crippen LogP contribution in [0, 0.1) is 6.92 Å². The first-order chi connectivity index (χ1) is 6.74. The summed E-state index contributed by atoms with van der Waals surface area (Å²) in [6.07, 6.45) is 0. The number of fused-ring (bicyclic) bond motifs is 1. The second kappa shape index (κ2) is 3.21. The van der Waals surface area contributed by atoms with Crippen molar-refractivity contribution in [1.29, 1.82) is 0 Å². The molecule has 0 amide bonds. The van der Waals surface area contributed by atoms with Gasteiger partial charge in [0.05, 0.1) is 23.8 Å². The molecule has 0 aliphatic carbocycles. The highest BCUT2D eigenvalue weighted by molar-refractivity contribution is 5.83. The lowest BCUT2D eigenvalue weighted by Gasteiger charge is -2.06. The molecule has 74 valence electrons. The number of nitrogens with zero attached hydrogens (tertiary/aromatic N) is 1. The fourth-order valence-corrected chi connectivity index (χ4v) is 1.53. The van der Waals surface area contributed by atoms with Crippen LogP contribution in [-0.2, 0) is 0 Å². The zero-order valence-electron chi connectivity index (χ0n) is 8.51. The third kappa shape index (κ3) is 1.28. The molecule has 0 spiro atoms. The van der Waals surface area contributed by atoms with Gasteiger partial charge in [-0.25, -0.2) is 4.98 Å². The molecule has 1 heterocycles. The van der Waals surface area contributed by atoms with E-state index in [1.165, 1.54) is 0 Å². The normalized spacial score (nSPS) is 10.5. The topological polar surface area (TPSA) is 49.9 Å². The second-order valence-electron chi connectivity index (χ2n) is 3.14. The number of aromatic nitrogens is 2. The molecule has 2 aromatic rings. The van der Waals surface area contributed by atoms with Gasteiger partial charge in [-0.15, -0.1) is 0 Å². The van der Waals surface area contributed by atoms with Gasteiger partial charge in [0.1, 0.15) is 11.6 Å². The van der Waals surface area contributed by atoms with Crippen molar-refractivity contribution in [3.63, 3.8) is 0 Å². The van der Waals surface area contributed by atoms with E-state index in [0.717, 1.165) is 28.3 Å². The maximum atomic E-state index is 5.24. The summed E-state index contributed by atoms with van der Waals surface area (Å²) < 4.78 is 5.24. The Bertz CT molecular complexity index is 421. The molecule has 4 nitrogen and oxygen atoms in total. The third-order valence-corrected chi connectivity index (χ3v) is 2.19. The number of benzene rings is 1. The van der Waals surface area contributed by atoms with Gasteiger partial charge < -0.3 is 15.0 Å². The number of aryl methyl sites for hydroxylation is 1. The number of H-pyrrole nitrogens is 1.